The predicted molar refractivity (Wildman–Crippen MR) is 83.6 cm³/mol. The van der Waals surface area contributed by atoms with Crippen LogP contribution in [0.5, 0.6) is 0 Å². The summed E-state index contributed by atoms with van der Waals surface area (Å²) in [5.74, 6) is 0. The van der Waals surface area contributed by atoms with Gasteiger partial charge in [0, 0.05) is 6.54 Å². The molecule has 0 aromatic heterocycles. The van der Waals surface area contributed by atoms with Crippen LogP contribution in [-0.4, -0.2) is 12.6 Å². The summed E-state index contributed by atoms with van der Waals surface area (Å²) in [5, 5.41) is 6.20. The Morgan fingerprint density at radius 1 is 1.00 bits per heavy atom. The summed E-state index contributed by atoms with van der Waals surface area (Å²) in [7, 11) is 0. The second kappa shape index (κ2) is 7.17. The van der Waals surface area contributed by atoms with Crippen LogP contribution in [-0.2, 0) is 6.42 Å². The summed E-state index contributed by atoms with van der Waals surface area (Å²) >= 11 is 11.9. The molecule has 104 valence electrons. The zero-order chi connectivity index (χ0) is 14.4. The molecule has 2 N–H and O–H groups in total. The highest BCUT2D eigenvalue weighted by molar-refractivity contribution is 6.43. The van der Waals surface area contributed by atoms with Crippen molar-refractivity contribution in [1.82, 2.24) is 5.32 Å². The van der Waals surface area contributed by atoms with Crippen LogP contribution in [0, 0.1) is 0 Å². The minimum Gasteiger partial charge on any atom is -0.338 e. The summed E-state index contributed by atoms with van der Waals surface area (Å²) < 4.78 is 0. The van der Waals surface area contributed by atoms with E-state index in [9.17, 15) is 4.79 Å². The monoisotopic (exact) mass is 308 g/mol. The number of urea groups is 1. The van der Waals surface area contributed by atoms with Crippen LogP contribution in [0.4, 0.5) is 10.5 Å². The zero-order valence-electron chi connectivity index (χ0n) is 10.7. The molecule has 3 nitrogen and oxygen atoms in total. The molecule has 0 spiro atoms. The van der Waals surface area contributed by atoms with Gasteiger partial charge < -0.3 is 10.6 Å². The fraction of sp³-hybridized carbons (Fsp3) is 0.133. The van der Waals surface area contributed by atoms with Crippen LogP contribution in [0.3, 0.4) is 0 Å². The predicted octanol–water partition coefficient (Wildman–Crippen LogP) is 4.36. The second-order valence-corrected chi connectivity index (χ2v) is 5.00. The van der Waals surface area contributed by atoms with Gasteiger partial charge in [0.1, 0.15) is 0 Å². The van der Waals surface area contributed by atoms with Crippen molar-refractivity contribution >= 4 is 34.9 Å². The van der Waals surface area contributed by atoms with E-state index in [1.807, 2.05) is 30.3 Å². The third-order valence-electron chi connectivity index (χ3n) is 2.74. The van der Waals surface area contributed by atoms with Gasteiger partial charge in [-0.3, -0.25) is 0 Å². The van der Waals surface area contributed by atoms with Gasteiger partial charge in [-0.2, -0.15) is 0 Å². The summed E-state index contributed by atoms with van der Waals surface area (Å²) in [6.07, 6.45) is 0.775. The van der Waals surface area contributed by atoms with Crippen LogP contribution in [0.2, 0.25) is 10.0 Å². The Hall–Kier alpha value is -1.71. The number of hydrogen-bond acceptors (Lipinski definition) is 1. The Balaban J connectivity index is 1.82. The molecular weight excluding hydrogens is 295 g/mol. The number of benzene rings is 2. The molecule has 0 saturated heterocycles. The van der Waals surface area contributed by atoms with E-state index in [1.54, 1.807) is 18.2 Å². The quantitative estimate of drug-likeness (QED) is 0.866. The number of halogens is 2. The highest BCUT2D eigenvalue weighted by atomic mass is 35.5. The lowest BCUT2D eigenvalue weighted by Gasteiger charge is -2.09. The maximum atomic E-state index is 11.7. The topological polar surface area (TPSA) is 41.1 Å². The Labute approximate surface area is 127 Å². The molecule has 2 aromatic carbocycles. The van der Waals surface area contributed by atoms with Gasteiger partial charge in [-0.1, -0.05) is 59.6 Å². The molecule has 0 unspecified atom stereocenters. The fourth-order valence-electron chi connectivity index (χ4n) is 1.73. The minimum absolute atomic E-state index is 0.301. The van der Waals surface area contributed by atoms with Crippen LogP contribution < -0.4 is 10.6 Å². The average Bonchev–Trinajstić information content (AvgIpc) is 2.45. The summed E-state index contributed by atoms with van der Waals surface area (Å²) in [6.45, 7) is 0.550. The largest absolute Gasteiger partial charge is 0.338 e. The molecule has 2 aromatic rings. The summed E-state index contributed by atoms with van der Waals surface area (Å²) in [6, 6.07) is 14.7. The molecule has 2 amide bonds. The first-order chi connectivity index (χ1) is 9.66. The van der Waals surface area contributed by atoms with E-state index >= 15 is 0 Å². The van der Waals surface area contributed by atoms with Crippen molar-refractivity contribution in [2.24, 2.45) is 0 Å². The lowest BCUT2D eigenvalue weighted by Crippen LogP contribution is -2.30. The van der Waals surface area contributed by atoms with Gasteiger partial charge in [-0.15, -0.1) is 0 Å². The van der Waals surface area contributed by atoms with Crippen molar-refractivity contribution in [3.8, 4) is 0 Å². The van der Waals surface area contributed by atoms with Gasteiger partial charge in [0.25, 0.3) is 0 Å². The lowest BCUT2D eigenvalue weighted by molar-refractivity contribution is 0.252. The number of carbonyl (C=O) groups is 1. The number of rotatable bonds is 4. The molecular formula is C15H14Cl2N2O. The number of carbonyl (C=O) groups excluding carboxylic acids is 1. The maximum Gasteiger partial charge on any atom is 0.319 e. The van der Waals surface area contributed by atoms with Gasteiger partial charge in [0.05, 0.1) is 15.7 Å². The highest BCUT2D eigenvalue weighted by Gasteiger charge is 2.07. The van der Waals surface area contributed by atoms with E-state index in [4.69, 9.17) is 23.2 Å². The van der Waals surface area contributed by atoms with E-state index < -0.39 is 0 Å². The molecule has 2 rings (SSSR count). The SMILES string of the molecule is O=C(NCCc1ccccc1)Nc1cccc(Cl)c1Cl. The third-order valence-corrected chi connectivity index (χ3v) is 3.56. The van der Waals surface area contributed by atoms with Gasteiger partial charge in [-0.25, -0.2) is 4.79 Å². The van der Waals surface area contributed by atoms with E-state index in [1.165, 1.54) is 5.56 Å². The van der Waals surface area contributed by atoms with E-state index in [0.29, 0.717) is 22.3 Å². The molecule has 5 heteroatoms. The van der Waals surface area contributed by atoms with Crippen molar-refractivity contribution in [3.05, 3.63) is 64.1 Å². The third kappa shape index (κ3) is 4.15. The first-order valence-electron chi connectivity index (χ1n) is 6.19. The molecule has 0 aliphatic heterocycles. The van der Waals surface area contributed by atoms with Crippen LogP contribution >= 0.6 is 23.2 Å². The van der Waals surface area contributed by atoms with Crippen molar-refractivity contribution < 1.29 is 4.79 Å². The molecule has 20 heavy (non-hydrogen) atoms. The van der Waals surface area contributed by atoms with E-state index in [-0.39, 0.29) is 6.03 Å². The molecule has 0 radical (unpaired) electrons. The first kappa shape index (κ1) is 14.7. The van der Waals surface area contributed by atoms with Crippen LogP contribution in [0.25, 0.3) is 0 Å². The van der Waals surface area contributed by atoms with Crippen molar-refractivity contribution in [2.45, 2.75) is 6.42 Å². The Bertz CT molecular complexity index is 588. The van der Waals surface area contributed by atoms with E-state index in [0.717, 1.165) is 6.42 Å². The van der Waals surface area contributed by atoms with Gasteiger partial charge in [0.15, 0.2) is 0 Å². The first-order valence-corrected chi connectivity index (χ1v) is 6.95. The number of hydrogen-bond donors (Lipinski definition) is 2. The van der Waals surface area contributed by atoms with Crippen LogP contribution in [0.15, 0.2) is 48.5 Å². The van der Waals surface area contributed by atoms with Crippen molar-refractivity contribution in [2.75, 3.05) is 11.9 Å². The molecule has 0 fully saturated rings. The average molecular weight is 309 g/mol. The Morgan fingerprint density at radius 3 is 2.50 bits per heavy atom. The van der Waals surface area contributed by atoms with Gasteiger partial charge in [0.2, 0.25) is 0 Å². The maximum absolute atomic E-state index is 11.7. The van der Waals surface area contributed by atoms with Gasteiger partial charge in [-0.05, 0) is 24.1 Å². The van der Waals surface area contributed by atoms with E-state index in [2.05, 4.69) is 10.6 Å². The second-order valence-electron chi connectivity index (χ2n) is 4.22. The normalized spacial score (nSPS) is 10.1. The number of nitrogens with one attached hydrogen (secondary N) is 2. The molecule has 0 saturated carbocycles. The smallest absolute Gasteiger partial charge is 0.319 e. The standard InChI is InChI=1S/C15H14Cl2N2O/c16-12-7-4-8-13(14(12)17)19-15(20)18-10-9-11-5-2-1-3-6-11/h1-8H,9-10H2,(H2,18,19,20). The Morgan fingerprint density at radius 2 is 1.75 bits per heavy atom. The number of anilines is 1. The molecule has 0 heterocycles. The molecule has 0 atom stereocenters. The fourth-order valence-corrected chi connectivity index (χ4v) is 2.08. The van der Waals surface area contributed by atoms with Crippen molar-refractivity contribution in [3.63, 3.8) is 0 Å². The van der Waals surface area contributed by atoms with Crippen molar-refractivity contribution in [1.29, 1.82) is 0 Å². The summed E-state index contributed by atoms with van der Waals surface area (Å²) in [5.41, 5.74) is 1.67. The van der Waals surface area contributed by atoms with Gasteiger partial charge >= 0.3 is 6.03 Å². The van der Waals surface area contributed by atoms with Crippen LogP contribution in [0.1, 0.15) is 5.56 Å². The lowest BCUT2D eigenvalue weighted by atomic mass is 10.1. The molecule has 0 bridgehead atoms. The number of amides is 2. The minimum atomic E-state index is -0.301. The zero-order valence-corrected chi connectivity index (χ0v) is 12.2. The summed E-state index contributed by atoms with van der Waals surface area (Å²) in [4.78, 5) is 11.7. The Kier molecular flexibility index (Phi) is 5.27. The molecule has 0 aliphatic rings. The molecule has 0 aliphatic carbocycles. The highest BCUT2D eigenvalue weighted by Crippen LogP contribution is 2.29.